The van der Waals surface area contributed by atoms with Gasteiger partial charge in [0.15, 0.2) is 0 Å². The summed E-state index contributed by atoms with van der Waals surface area (Å²) in [5, 5.41) is 5.56. The number of morpholine rings is 1. The molecule has 1 aliphatic rings. The van der Waals surface area contributed by atoms with Gasteiger partial charge in [-0.1, -0.05) is 25.4 Å². The Labute approximate surface area is 147 Å². The summed E-state index contributed by atoms with van der Waals surface area (Å²) in [5.41, 5.74) is 0.257. The van der Waals surface area contributed by atoms with E-state index in [2.05, 4.69) is 10.6 Å². The molecule has 134 valence electrons. The zero-order valence-corrected chi connectivity index (χ0v) is 15.3. The van der Waals surface area contributed by atoms with Crippen LogP contribution in [0.2, 0.25) is 5.02 Å². The van der Waals surface area contributed by atoms with Gasteiger partial charge >= 0.3 is 6.03 Å². The fourth-order valence-corrected chi connectivity index (χ4v) is 3.76. The van der Waals surface area contributed by atoms with Crippen molar-refractivity contribution in [3.05, 3.63) is 23.2 Å². The third-order valence-corrected chi connectivity index (χ3v) is 5.69. The quantitative estimate of drug-likeness (QED) is 0.825. The number of carbonyl (C=O) groups is 1. The number of ether oxygens (including phenoxy) is 1. The summed E-state index contributed by atoms with van der Waals surface area (Å²) in [4.78, 5) is 12.0. The Morgan fingerprint density at radius 1 is 1.33 bits per heavy atom. The van der Waals surface area contributed by atoms with Crippen LogP contribution in [0, 0.1) is 5.92 Å². The van der Waals surface area contributed by atoms with Gasteiger partial charge in [-0.3, -0.25) is 0 Å². The van der Waals surface area contributed by atoms with Gasteiger partial charge in [-0.05, 0) is 24.1 Å². The van der Waals surface area contributed by atoms with Crippen molar-refractivity contribution in [2.24, 2.45) is 5.92 Å². The highest BCUT2D eigenvalue weighted by Gasteiger charge is 2.27. The maximum Gasteiger partial charge on any atom is 0.319 e. The highest BCUT2D eigenvalue weighted by atomic mass is 35.5. The first-order valence-corrected chi connectivity index (χ1v) is 9.55. The second kappa shape index (κ2) is 8.15. The number of amides is 2. The Morgan fingerprint density at radius 2 is 2.00 bits per heavy atom. The SMILES string of the molecule is CC(C)CNC(=O)Nc1cc(S(=O)(=O)N2CCOCC2)ccc1Cl. The molecule has 0 spiro atoms. The van der Waals surface area contributed by atoms with Crippen LogP contribution in [0.4, 0.5) is 10.5 Å². The predicted molar refractivity (Wildman–Crippen MR) is 92.9 cm³/mol. The van der Waals surface area contributed by atoms with E-state index in [-0.39, 0.29) is 15.6 Å². The van der Waals surface area contributed by atoms with Crippen LogP contribution in [0.1, 0.15) is 13.8 Å². The molecule has 0 unspecified atom stereocenters. The predicted octanol–water partition coefficient (Wildman–Crippen LogP) is 2.14. The van der Waals surface area contributed by atoms with Crippen molar-refractivity contribution in [1.82, 2.24) is 9.62 Å². The minimum atomic E-state index is -3.64. The molecule has 0 aliphatic carbocycles. The molecular formula is C15H22ClN3O4S. The molecular weight excluding hydrogens is 354 g/mol. The highest BCUT2D eigenvalue weighted by molar-refractivity contribution is 7.89. The van der Waals surface area contributed by atoms with E-state index in [9.17, 15) is 13.2 Å². The van der Waals surface area contributed by atoms with Crippen LogP contribution in [-0.2, 0) is 14.8 Å². The van der Waals surface area contributed by atoms with Crippen molar-refractivity contribution >= 4 is 33.3 Å². The molecule has 2 rings (SSSR count). The average Bonchev–Trinajstić information content (AvgIpc) is 2.55. The van der Waals surface area contributed by atoms with Crippen molar-refractivity contribution in [3.8, 4) is 0 Å². The average molecular weight is 376 g/mol. The van der Waals surface area contributed by atoms with Crippen molar-refractivity contribution in [2.45, 2.75) is 18.7 Å². The second-order valence-corrected chi connectivity index (χ2v) is 8.23. The first-order chi connectivity index (χ1) is 11.3. The lowest BCUT2D eigenvalue weighted by Gasteiger charge is -2.26. The minimum absolute atomic E-state index is 0.0907. The fourth-order valence-electron chi connectivity index (χ4n) is 2.16. The number of hydrogen-bond donors (Lipinski definition) is 2. The lowest BCUT2D eigenvalue weighted by Crippen LogP contribution is -2.40. The first-order valence-electron chi connectivity index (χ1n) is 7.73. The molecule has 1 aromatic carbocycles. The molecule has 1 saturated heterocycles. The molecule has 1 fully saturated rings. The van der Waals surface area contributed by atoms with Crippen LogP contribution in [0.3, 0.4) is 0 Å². The summed E-state index contributed by atoms with van der Waals surface area (Å²) in [5.74, 6) is 0.305. The van der Waals surface area contributed by atoms with Gasteiger partial charge in [-0.2, -0.15) is 4.31 Å². The fraction of sp³-hybridized carbons (Fsp3) is 0.533. The summed E-state index contributed by atoms with van der Waals surface area (Å²) < 4.78 is 31.8. The van der Waals surface area contributed by atoms with Gasteiger partial charge < -0.3 is 15.4 Å². The van der Waals surface area contributed by atoms with Gasteiger partial charge in [-0.15, -0.1) is 0 Å². The van der Waals surface area contributed by atoms with Crippen LogP contribution < -0.4 is 10.6 Å². The molecule has 0 saturated carbocycles. The normalized spacial score (nSPS) is 16.2. The summed E-state index contributed by atoms with van der Waals surface area (Å²) in [6.45, 7) is 5.82. The van der Waals surface area contributed by atoms with Crippen molar-refractivity contribution < 1.29 is 17.9 Å². The van der Waals surface area contributed by atoms with E-state index < -0.39 is 16.1 Å². The molecule has 9 heteroatoms. The Hall–Kier alpha value is -1.35. The van der Waals surface area contributed by atoms with Gasteiger partial charge in [0.25, 0.3) is 0 Å². The first kappa shape index (κ1) is 19.0. The molecule has 0 aromatic heterocycles. The lowest BCUT2D eigenvalue weighted by atomic mass is 10.2. The molecule has 1 heterocycles. The number of nitrogens with zero attached hydrogens (tertiary/aromatic N) is 1. The third kappa shape index (κ3) is 4.83. The topological polar surface area (TPSA) is 87.7 Å². The van der Waals surface area contributed by atoms with Crippen LogP contribution >= 0.6 is 11.6 Å². The minimum Gasteiger partial charge on any atom is -0.379 e. The largest absolute Gasteiger partial charge is 0.379 e. The van der Waals surface area contributed by atoms with Gasteiger partial charge in [-0.25, -0.2) is 13.2 Å². The van der Waals surface area contributed by atoms with E-state index in [4.69, 9.17) is 16.3 Å². The molecule has 1 aromatic rings. The molecule has 0 atom stereocenters. The number of nitrogens with one attached hydrogen (secondary N) is 2. The van der Waals surface area contributed by atoms with E-state index in [1.165, 1.54) is 22.5 Å². The van der Waals surface area contributed by atoms with E-state index in [1.807, 2.05) is 13.8 Å². The van der Waals surface area contributed by atoms with Gasteiger partial charge in [0, 0.05) is 19.6 Å². The molecule has 2 amide bonds. The molecule has 2 N–H and O–H groups in total. The van der Waals surface area contributed by atoms with E-state index >= 15 is 0 Å². The Morgan fingerprint density at radius 3 is 2.62 bits per heavy atom. The highest BCUT2D eigenvalue weighted by Crippen LogP contribution is 2.27. The monoisotopic (exact) mass is 375 g/mol. The number of carbonyl (C=O) groups excluding carboxylic acids is 1. The summed E-state index contributed by atoms with van der Waals surface area (Å²) in [6, 6.07) is 3.85. The summed E-state index contributed by atoms with van der Waals surface area (Å²) in [6.07, 6.45) is 0. The number of anilines is 1. The number of benzene rings is 1. The summed E-state index contributed by atoms with van der Waals surface area (Å²) >= 11 is 6.07. The number of halogens is 1. The molecule has 1 aliphatic heterocycles. The third-order valence-electron chi connectivity index (χ3n) is 3.46. The van der Waals surface area contributed by atoms with Gasteiger partial charge in [0.05, 0.1) is 28.8 Å². The smallest absolute Gasteiger partial charge is 0.319 e. The van der Waals surface area contributed by atoms with Gasteiger partial charge in [0.1, 0.15) is 0 Å². The maximum absolute atomic E-state index is 12.7. The number of urea groups is 1. The number of sulfonamides is 1. The van der Waals surface area contributed by atoms with Crippen LogP contribution in [0.25, 0.3) is 0 Å². The van der Waals surface area contributed by atoms with Crippen molar-refractivity contribution in [2.75, 3.05) is 38.2 Å². The number of rotatable bonds is 5. The van der Waals surface area contributed by atoms with E-state index in [0.29, 0.717) is 38.8 Å². The standard InChI is InChI=1S/C15H22ClN3O4S/c1-11(2)10-17-15(20)18-14-9-12(3-4-13(14)16)24(21,22)19-5-7-23-8-6-19/h3-4,9,11H,5-8,10H2,1-2H3,(H2,17,18,20). The molecule has 7 nitrogen and oxygen atoms in total. The molecule has 0 bridgehead atoms. The molecule has 0 radical (unpaired) electrons. The lowest BCUT2D eigenvalue weighted by molar-refractivity contribution is 0.0730. The van der Waals surface area contributed by atoms with Crippen molar-refractivity contribution in [3.63, 3.8) is 0 Å². The molecule has 24 heavy (non-hydrogen) atoms. The maximum atomic E-state index is 12.7. The van der Waals surface area contributed by atoms with Crippen molar-refractivity contribution in [1.29, 1.82) is 0 Å². The zero-order valence-electron chi connectivity index (χ0n) is 13.7. The van der Waals surface area contributed by atoms with Crippen LogP contribution in [0.5, 0.6) is 0 Å². The van der Waals surface area contributed by atoms with Crippen LogP contribution in [-0.4, -0.2) is 51.6 Å². The van der Waals surface area contributed by atoms with Crippen LogP contribution in [0.15, 0.2) is 23.1 Å². The Bertz CT molecular complexity index is 688. The Kier molecular flexibility index (Phi) is 6.45. The van der Waals surface area contributed by atoms with E-state index in [0.717, 1.165) is 0 Å². The number of hydrogen-bond acceptors (Lipinski definition) is 4. The zero-order chi connectivity index (χ0) is 17.7. The van der Waals surface area contributed by atoms with E-state index in [1.54, 1.807) is 0 Å². The summed E-state index contributed by atoms with van der Waals surface area (Å²) in [7, 11) is -3.64. The second-order valence-electron chi connectivity index (χ2n) is 5.89. The Balaban J connectivity index is 2.17. The van der Waals surface area contributed by atoms with Gasteiger partial charge in [0.2, 0.25) is 10.0 Å².